The minimum absolute atomic E-state index is 0.416. The van der Waals surface area contributed by atoms with Crippen LogP contribution in [0.2, 0.25) is 0 Å². The maximum Gasteiger partial charge on any atom is 0.168 e. The van der Waals surface area contributed by atoms with E-state index in [1.54, 1.807) is 0 Å². The van der Waals surface area contributed by atoms with Gasteiger partial charge in [0.05, 0.1) is 32.5 Å². The summed E-state index contributed by atoms with van der Waals surface area (Å²) < 4.78 is 2.21. The molecule has 0 spiro atoms. The molecule has 0 saturated carbocycles. The zero-order valence-electron chi connectivity index (χ0n) is 13.5. The quantitative estimate of drug-likeness (QED) is 0.483. The van der Waals surface area contributed by atoms with Gasteiger partial charge in [-0.15, -0.1) is 0 Å². The lowest BCUT2D eigenvalue weighted by Gasteiger charge is -2.44. The average Bonchev–Trinajstić information content (AvgIpc) is 2.46. The van der Waals surface area contributed by atoms with Gasteiger partial charge in [0.2, 0.25) is 0 Å². The molecular formula is C18H22IN2S+. The van der Waals surface area contributed by atoms with Crippen molar-refractivity contribution in [2.24, 2.45) is 0 Å². The maximum atomic E-state index is 2.54. The van der Waals surface area contributed by atoms with Gasteiger partial charge in [-0.3, -0.25) is 4.90 Å². The van der Waals surface area contributed by atoms with E-state index in [0.29, 0.717) is 6.17 Å². The summed E-state index contributed by atoms with van der Waals surface area (Å²) in [5.74, 6) is 0. The summed E-state index contributed by atoms with van der Waals surface area (Å²) in [5.41, 5.74) is 2.68. The molecule has 3 rings (SSSR count). The Morgan fingerprint density at radius 1 is 1.05 bits per heavy atom. The third kappa shape index (κ3) is 2.88. The molecule has 2 nitrogen and oxygen atoms in total. The van der Waals surface area contributed by atoms with Crippen molar-refractivity contribution in [2.75, 3.05) is 26.0 Å². The highest BCUT2D eigenvalue weighted by Crippen LogP contribution is 2.50. The predicted molar refractivity (Wildman–Crippen MR) is 104 cm³/mol. The molecular weight excluding hydrogens is 403 g/mol. The van der Waals surface area contributed by atoms with Crippen LogP contribution in [0.15, 0.2) is 52.3 Å². The normalized spacial score (nSPS) is 15.2. The van der Waals surface area contributed by atoms with Crippen LogP contribution < -0.4 is 4.90 Å². The van der Waals surface area contributed by atoms with Gasteiger partial charge in [-0.25, -0.2) is 0 Å². The van der Waals surface area contributed by atoms with Crippen molar-refractivity contribution < 1.29 is 4.48 Å². The second kappa shape index (κ2) is 6.06. The van der Waals surface area contributed by atoms with Gasteiger partial charge < -0.3 is 4.48 Å². The van der Waals surface area contributed by atoms with E-state index in [1.165, 1.54) is 24.7 Å². The van der Waals surface area contributed by atoms with E-state index in [4.69, 9.17) is 0 Å². The van der Waals surface area contributed by atoms with E-state index in [9.17, 15) is 0 Å². The fraction of sp³-hybridized carbons (Fsp3) is 0.333. The Kier molecular flexibility index (Phi) is 4.45. The van der Waals surface area contributed by atoms with Crippen molar-refractivity contribution in [3.8, 4) is 0 Å². The zero-order valence-corrected chi connectivity index (χ0v) is 16.5. The number of hydrogen-bond acceptors (Lipinski definition) is 2. The summed E-state index contributed by atoms with van der Waals surface area (Å²) in [7, 11) is 6.85. The molecule has 2 aromatic rings. The lowest BCUT2D eigenvalue weighted by molar-refractivity contribution is -0.895. The van der Waals surface area contributed by atoms with Crippen LogP contribution in [-0.4, -0.2) is 31.8 Å². The minimum Gasteiger partial charge on any atom is -0.311 e. The van der Waals surface area contributed by atoms with Crippen molar-refractivity contribution in [3.05, 3.63) is 46.0 Å². The lowest BCUT2D eigenvalue weighted by atomic mass is 10.1. The Bertz CT molecular complexity index is 694. The molecule has 116 valence electrons. The van der Waals surface area contributed by atoms with Crippen molar-refractivity contribution in [1.82, 2.24) is 0 Å². The second-order valence-corrected chi connectivity index (χ2v) is 8.89. The first-order valence-corrected chi connectivity index (χ1v) is 9.48. The van der Waals surface area contributed by atoms with Crippen LogP contribution in [-0.2, 0) is 0 Å². The molecule has 1 aliphatic heterocycles. The Balaban J connectivity index is 2.21. The number of halogens is 1. The summed E-state index contributed by atoms with van der Waals surface area (Å²) in [6, 6.07) is 15.5. The first-order chi connectivity index (χ1) is 10.4. The number of para-hydroxylation sites is 1. The smallest absolute Gasteiger partial charge is 0.168 e. The van der Waals surface area contributed by atoms with E-state index in [0.717, 1.165) is 10.9 Å². The summed E-state index contributed by atoms with van der Waals surface area (Å²) in [6.07, 6.45) is 1.52. The van der Waals surface area contributed by atoms with Gasteiger partial charge in [0, 0.05) is 19.8 Å². The fourth-order valence-electron chi connectivity index (χ4n) is 3.15. The highest BCUT2D eigenvalue weighted by molar-refractivity contribution is 14.1. The van der Waals surface area contributed by atoms with E-state index in [1.807, 2.05) is 11.8 Å². The number of quaternary nitrogens is 1. The van der Waals surface area contributed by atoms with E-state index in [-0.39, 0.29) is 0 Å². The molecule has 0 N–H and O–H groups in total. The number of anilines is 2. The van der Waals surface area contributed by atoms with Crippen molar-refractivity contribution in [3.63, 3.8) is 0 Å². The highest BCUT2D eigenvalue weighted by Gasteiger charge is 2.35. The molecule has 0 aliphatic carbocycles. The third-order valence-electron chi connectivity index (χ3n) is 4.08. The number of rotatable bonds is 3. The average molecular weight is 425 g/mol. The molecule has 1 atom stereocenters. The van der Waals surface area contributed by atoms with Crippen LogP contribution in [0.5, 0.6) is 0 Å². The van der Waals surface area contributed by atoms with Crippen LogP contribution in [0.3, 0.4) is 0 Å². The molecule has 0 bridgehead atoms. The molecule has 4 heteroatoms. The van der Waals surface area contributed by atoms with E-state index < -0.39 is 0 Å². The monoisotopic (exact) mass is 425 g/mol. The topological polar surface area (TPSA) is 3.24 Å². The molecule has 0 amide bonds. The Hall–Kier alpha value is -0.720. The molecule has 0 saturated heterocycles. The zero-order chi connectivity index (χ0) is 15.9. The Labute approximate surface area is 151 Å². The van der Waals surface area contributed by atoms with Crippen LogP contribution >= 0.6 is 34.4 Å². The molecule has 0 aromatic heterocycles. The molecule has 1 heterocycles. The Morgan fingerprint density at radius 3 is 2.41 bits per heavy atom. The summed E-state index contributed by atoms with van der Waals surface area (Å²) in [6.45, 7) is 2.28. The SMILES string of the molecule is CCC(N1c2ccccc2Sc2ccc(I)cc21)[N+](C)(C)C. The first kappa shape index (κ1) is 16.1. The summed E-state index contributed by atoms with van der Waals surface area (Å²) in [5, 5.41) is 0. The van der Waals surface area contributed by atoms with Gasteiger partial charge in [0.25, 0.3) is 0 Å². The highest BCUT2D eigenvalue weighted by atomic mass is 127. The molecule has 1 aliphatic rings. The van der Waals surface area contributed by atoms with Crippen LogP contribution in [0, 0.1) is 3.57 Å². The molecule has 0 fully saturated rings. The van der Waals surface area contributed by atoms with E-state index >= 15 is 0 Å². The van der Waals surface area contributed by atoms with E-state index in [2.05, 4.69) is 98.0 Å². The molecule has 0 radical (unpaired) electrons. The molecule has 22 heavy (non-hydrogen) atoms. The lowest BCUT2D eigenvalue weighted by Crippen LogP contribution is -2.54. The standard InChI is InChI=1S/C18H22IN2S/c1-5-18(21(2,3)4)20-14-8-6-7-9-16(14)22-17-11-10-13(19)12-15(17)20/h6-12,18H,5H2,1-4H3/q+1. The summed E-state index contributed by atoms with van der Waals surface area (Å²) in [4.78, 5) is 5.25. The van der Waals surface area contributed by atoms with Crippen LogP contribution in [0.4, 0.5) is 11.4 Å². The fourth-order valence-corrected chi connectivity index (χ4v) is 4.68. The molecule has 2 aromatic carbocycles. The number of fused-ring (bicyclic) bond motifs is 2. The van der Waals surface area contributed by atoms with Crippen molar-refractivity contribution >= 4 is 45.7 Å². The summed E-state index contributed by atoms with van der Waals surface area (Å²) >= 11 is 4.29. The number of benzene rings is 2. The Morgan fingerprint density at radius 2 is 1.73 bits per heavy atom. The van der Waals surface area contributed by atoms with Crippen LogP contribution in [0.25, 0.3) is 0 Å². The minimum atomic E-state index is 0.416. The van der Waals surface area contributed by atoms with Gasteiger partial charge in [0.1, 0.15) is 0 Å². The predicted octanol–water partition coefficient (Wildman–Crippen LogP) is 5.34. The molecule has 1 unspecified atom stereocenters. The van der Waals surface area contributed by atoms with Crippen molar-refractivity contribution in [1.29, 1.82) is 0 Å². The number of nitrogens with zero attached hydrogens (tertiary/aromatic N) is 2. The third-order valence-corrected chi connectivity index (χ3v) is 5.88. The van der Waals surface area contributed by atoms with Gasteiger partial charge in [0.15, 0.2) is 6.17 Å². The number of hydrogen-bond donors (Lipinski definition) is 0. The van der Waals surface area contributed by atoms with Gasteiger partial charge in [-0.05, 0) is 52.9 Å². The second-order valence-electron chi connectivity index (χ2n) is 6.56. The largest absolute Gasteiger partial charge is 0.311 e. The van der Waals surface area contributed by atoms with Gasteiger partial charge >= 0.3 is 0 Å². The maximum absolute atomic E-state index is 2.54. The van der Waals surface area contributed by atoms with Gasteiger partial charge in [-0.2, -0.15) is 0 Å². The van der Waals surface area contributed by atoms with Crippen molar-refractivity contribution in [2.45, 2.75) is 29.3 Å². The first-order valence-electron chi connectivity index (χ1n) is 7.58. The van der Waals surface area contributed by atoms with Gasteiger partial charge in [-0.1, -0.05) is 30.8 Å². The van der Waals surface area contributed by atoms with Crippen LogP contribution in [0.1, 0.15) is 13.3 Å².